The second kappa shape index (κ2) is 6.26. The number of nitrogens with zero attached hydrogens (tertiary/aromatic N) is 1. The normalized spacial score (nSPS) is 23.2. The van der Waals surface area contributed by atoms with E-state index in [-0.39, 0.29) is 18.1 Å². The van der Waals surface area contributed by atoms with E-state index >= 15 is 0 Å². The fraction of sp³-hybridized carbons (Fsp3) is 0.500. The molecule has 0 saturated carbocycles. The van der Waals surface area contributed by atoms with Crippen LogP contribution in [0.15, 0.2) is 24.3 Å². The Labute approximate surface area is 118 Å². The van der Waals surface area contributed by atoms with Crippen molar-refractivity contribution in [3.8, 4) is 0 Å². The van der Waals surface area contributed by atoms with Crippen molar-refractivity contribution in [1.29, 1.82) is 0 Å². The lowest BCUT2D eigenvalue weighted by atomic mass is 9.97. The first-order valence-corrected chi connectivity index (χ1v) is 7.04. The number of urea groups is 1. The van der Waals surface area contributed by atoms with E-state index in [9.17, 15) is 4.79 Å². The Morgan fingerprint density at radius 2 is 2.11 bits per heavy atom. The topological polar surface area (TPSA) is 58.4 Å². The summed E-state index contributed by atoms with van der Waals surface area (Å²) in [5.74, 6) is 0. The van der Waals surface area contributed by atoms with E-state index < -0.39 is 0 Å². The Morgan fingerprint density at radius 3 is 2.74 bits per heavy atom. The molecule has 1 saturated heterocycles. The van der Waals surface area contributed by atoms with Crippen LogP contribution in [0.4, 0.5) is 10.5 Å². The molecule has 3 N–H and O–H groups in total. The van der Waals surface area contributed by atoms with E-state index in [1.807, 2.05) is 4.90 Å². The third-order valence-corrected chi connectivity index (χ3v) is 3.88. The molecule has 0 aromatic heterocycles. The zero-order valence-corrected chi connectivity index (χ0v) is 11.9. The first kappa shape index (κ1) is 14.2. The van der Waals surface area contributed by atoms with Gasteiger partial charge in [-0.25, -0.2) is 4.79 Å². The van der Waals surface area contributed by atoms with Crippen LogP contribution >= 0.6 is 11.6 Å². The number of amides is 2. The van der Waals surface area contributed by atoms with Gasteiger partial charge >= 0.3 is 6.03 Å². The summed E-state index contributed by atoms with van der Waals surface area (Å²) in [4.78, 5) is 14.2. The zero-order chi connectivity index (χ0) is 13.8. The van der Waals surface area contributed by atoms with Gasteiger partial charge in [-0.15, -0.1) is 0 Å². The Hall–Kier alpha value is -1.26. The monoisotopic (exact) mass is 281 g/mol. The minimum atomic E-state index is -0.0787. The van der Waals surface area contributed by atoms with Crippen molar-refractivity contribution in [2.45, 2.75) is 38.3 Å². The van der Waals surface area contributed by atoms with E-state index in [0.29, 0.717) is 11.6 Å². The average molecular weight is 282 g/mol. The lowest BCUT2D eigenvalue weighted by molar-refractivity contribution is 0.128. The summed E-state index contributed by atoms with van der Waals surface area (Å²) < 4.78 is 0. The van der Waals surface area contributed by atoms with Crippen LogP contribution in [-0.2, 0) is 0 Å². The largest absolute Gasteiger partial charge is 0.328 e. The molecule has 2 unspecified atom stereocenters. The van der Waals surface area contributed by atoms with E-state index in [1.54, 1.807) is 24.3 Å². The van der Waals surface area contributed by atoms with Crippen molar-refractivity contribution in [2.75, 3.05) is 11.9 Å². The van der Waals surface area contributed by atoms with Crippen molar-refractivity contribution in [3.05, 3.63) is 29.3 Å². The predicted octanol–water partition coefficient (Wildman–Crippen LogP) is 3.07. The smallest absolute Gasteiger partial charge is 0.322 e. The molecule has 5 heteroatoms. The van der Waals surface area contributed by atoms with E-state index in [4.69, 9.17) is 17.3 Å². The molecule has 2 atom stereocenters. The second-order valence-electron chi connectivity index (χ2n) is 5.01. The quantitative estimate of drug-likeness (QED) is 0.875. The van der Waals surface area contributed by atoms with Crippen molar-refractivity contribution in [3.63, 3.8) is 0 Å². The summed E-state index contributed by atoms with van der Waals surface area (Å²) >= 11 is 5.83. The number of carbonyl (C=O) groups excluding carboxylic acids is 1. The number of hydrogen-bond acceptors (Lipinski definition) is 2. The minimum Gasteiger partial charge on any atom is -0.328 e. The number of benzene rings is 1. The molecular weight excluding hydrogens is 262 g/mol. The van der Waals surface area contributed by atoms with E-state index in [0.717, 1.165) is 24.9 Å². The number of anilines is 1. The van der Waals surface area contributed by atoms with Gasteiger partial charge in [0.25, 0.3) is 0 Å². The Bertz CT molecular complexity index is 435. The Balaban J connectivity index is 2.06. The molecule has 1 heterocycles. The van der Waals surface area contributed by atoms with Gasteiger partial charge in [-0.3, -0.25) is 0 Å². The van der Waals surface area contributed by atoms with Crippen LogP contribution in [0.25, 0.3) is 0 Å². The molecule has 104 valence electrons. The molecule has 19 heavy (non-hydrogen) atoms. The number of nitrogens with one attached hydrogen (secondary N) is 1. The fourth-order valence-corrected chi connectivity index (χ4v) is 2.73. The lowest BCUT2D eigenvalue weighted by Gasteiger charge is -2.40. The fourth-order valence-electron chi connectivity index (χ4n) is 2.61. The van der Waals surface area contributed by atoms with Gasteiger partial charge in [0.2, 0.25) is 0 Å². The number of rotatable bonds is 2. The number of piperidine rings is 1. The van der Waals surface area contributed by atoms with Gasteiger partial charge in [0.05, 0.1) is 0 Å². The first-order chi connectivity index (χ1) is 9.11. The van der Waals surface area contributed by atoms with E-state index in [2.05, 4.69) is 12.2 Å². The van der Waals surface area contributed by atoms with Crippen molar-refractivity contribution < 1.29 is 4.79 Å². The minimum absolute atomic E-state index is 0.0787. The molecule has 0 radical (unpaired) electrons. The summed E-state index contributed by atoms with van der Waals surface area (Å²) in [7, 11) is 0. The van der Waals surface area contributed by atoms with Crippen LogP contribution in [0.3, 0.4) is 0 Å². The third kappa shape index (κ3) is 3.39. The Morgan fingerprint density at radius 1 is 1.42 bits per heavy atom. The molecule has 4 nitrogen and oxygen atoms in total. The van der Waals surface area contributed by atoms with Crippen LogP contribution in [-0.4, -0.2) is 29.6 Å². The van der Waals surface area contributed by atoms with Gasteiger partial charge in [0.1, 0.15) is 0 Å². The molecule has 1 fully saturated rings. The predicted molar refractivity (Wildman–Crippen MR) is 78.5 cm³/mol. The maximum Gasteiger partial charge on any atom is 0.322 e. The Kier molecular flexibility index (Phi) is 4.66. The molecule has 1 aliphatic heterocycles. The summed E-state index contributed by atoms with van der Waals surface area (Å²) in [6.07, 6.45) is 3.15. The number of carbonyl (C=O) groups is 1. The van der Waals surface area contributed by atoms with Crippen molar-refractivity contribution in [2.24, 2.45) is 5.73 Å². The maximum atomic E-state index is 12.4. The summed E-state index contributed by atoms with van der Waals surface area (Å²) in [6.45, 7) is 2.58. The van der Waals surface area contributed by atoms with Gasteiger partial charge in [0.15, 0.2) is 0 Å². The number of hydrogen-bond donors (Lipinski definition) is 2. The van der Waals surface area contributed by atoms with Gasteiger partial charge in [0, 0.05) is 29.3 Å². The highest BCUT2D eigenvalue weighted by molar-refractivity contribution is 6.30. The van der Waals surface area contributed by atoms with Crippen molar-refractivity contribution >= 4 is 23.3 Å². The highest BCUT2D eigenvalue weighted by atomic mass is 35.5. The van der Waals surface area contributed by atoms with Gasteiger partial charge in [-0.2, -0.15) is 0 Å². The van der Waals surface area contributed by atoms with Gasteiger partial charge in [-0.05, 0) is 50.5 Å². The molecule has 1 aliphatic rings. The second-order valence-corrected chi connectivity index (χ2v) is 5.45. The highest BCUT2D eigenvalue weighted by Crippen LogP contribution is 2.23. The number of likely N-dealkylation sites (tertiary alicyclic amines) is 1. The standard InChI is InChI=1S/C14H20ClN3O/c1-10-3-2-4-13(9-16)18(10)14(19)17-12-7-5-11(15)6-8-12/h5-8,10,13H,2-4,9,16H2,1H3,(H,17,19). The molecule has 0 bridgehead atoms. The van der Waals surface area contributed by atoms with E-state index in [1.165, 1.54) is 0 Å². The molecular formula is C14H20ClN3O. The van der Waals surface area contributed by atoms with Crippen molar-refractivity contribution in [1.82, 2.24) is 4.90 Å². The number of halogens is 1. The number of nitrogens with two attached hydrogens (primary N) is 1. The third-order valence-electron chi connectivity index (χ3n) is 3.63. The SMILES string of the molecule is CC1CCCC(CN)N1C(=O)Nc1ccc(Cl)cc1. The lowest BCUT2D eigenvalue weighted by Crippen LogP contribution is -2.53. The molecule has 2 rings (SSSR count). The molecule has 1 aromatic carbocycles. The average Bonchev–Trinajstić information content (AvgIpc) is 2.40. The van der Waals surface area contributed by atoms with Crippen LogP contribution in [0.1, 0.15) is 26.2 Å². The molecule has 1 aromatic rings. The van der Waals surface area contributed by atoms with Gasteiger partial charge in [-0.1, -0.05) is 11.6 Å². The molecule has 2 amide bonds. The first-order valence-electron chi connectivity index (χ1n) is 6.66. The maximum absolute atomic E-state index is 12.4. The summed E-state index contributed by atoms with van der Waals surface area (Å²) in [6, 6.07) is 7.41. The van der Waals surface area contributed by atoms with Crippen LogP contribution in [0.5, 0.6) is 0 Å². The van der Waals surface area contributed by atoms with Gasteiger partial charge < -0.3 is 16.0 Å². The van der Waals surface area contributed by atoms with Crippen LogP contribution in [0, 0.1) is 0 Å². The molecule has 0 aliphatic carbocycles. The highest BCUT2D eigenvalue weighted by Gasteiger charge is 2.30. The molecule has 0 spiro atoms. The van der Waals surface area contributed by atoms with Crippen LogP contribution in [0.2, 0.25) is 5.02 Å². The van der Waals surface area contributed by atoms with Crippen LogP contribution < -0.4 is 11.1 Å². The summed E-state index contributed by atoms with van der Waals surface area (Å²) in [5.41, 5.74) is 6.52. The summed E-state index contributed by atoms with van der Waals surface area (Å²) in [5, 5.41) is 3.56. The zero-order valence-electron chi connectivity index (χ0n) is 11.1.